The van der Waals surface area contributed by atoms with E-state index in [1.807, 2.05) is 54.6 Å². The average molecular weight is 427 g/mol. The number of methoxy groups -OCH3 is 1. The number of rotatable bonds is 5. The number of hydrogen-bond acceptors (Lipinski definition) is 5. The number of fused-ring (bicyclic) bond motifs is 1. The fourth-order valence-corrected chi connectivity index (χ4v) is 3.56. The van der Waals surface area contributed by atoms with E-state index in [0.717, 1.165) is 11.3 Å². The Kier molecular flexibility index (Phi) is 5.21. The van der Waals surface area contributed by atoms with Crippen LogP contribution in [0.5, 0.6) is 17.2 Å². The van der Waals surface area contributed by atoms with Crippen molar-refractivity contribution in [1.29, 1.82) is 0 Å². The smallest absolute Gasteiger partial charge is 0.259 e. The van der Waals surface area contributed by atoms with Gasteiger partial charge in [0.15, 0.2) is 11.5 Å². The van der Waals surface area contributed by atoms with Crippen molar-refractivity contribution in [2.45, 2.75) is 0 Å². The zero-order chi connectivity index (χ0) is 21.9. The van der Waals surface area contributed by atoms with Gasteiger partial charge in [0.05, 0.1) is 18.4 Å². The second kappa shape index (κ2) is 8.47. The van der Waals surface area contributed by atoms with Crippen LogP contribution in [0.1, 0.15) is 10.4 Å². The monoisotopic (exact) mass is 427 g/mol. The standard InChI is InChI=1S/C25H21N3O4/c1-30-20-9-5-6-17(14-20)24-21(16-28(27-24)19-7-3-2-4-8-19)25(29)26-18-10-11-22-23(15-18)32-13-12-31-22/h2-11,14-16H,12-13H2,1H3,(H,26,29). The third-order valence-electron chi connectivity index (χ3n) is 5.12. The van der Waals surface area contributed by atoms with E-state index in [1.165, 1.54) is 0 Å². The Labute approximate surface area is 185 Å². The summed E-state index contributed by atoms with van der Waals surface area (Å²) in [6.07, 6.45) is 1.73. The Balaban J connectivity index is 1.52. The number of carbonyl (C=O) groups excluding carboxylic acids is 1. The van der Waals surface area contributed by atoms with Crippen molar-refractivity contribution < 1.29 is 19.0 Å². The van der Waals surface area contributed by atoms with Gasteiger partial charge in [0.1, 0.15) is 24.7 Å². The highest BCUT2D eigenvalue weighted by atomic mass is 16.6. The summed E-state index contributed by atoms with van der Waals surface area (Å²) in [6.45, 7) is 0.996. The van der Waals surface area contributed by atoms with Gasteiger partial charge in [-0.15, -0.1) is 0 Å². The van der Waals surface area contributed by atoms with E-state index < -0.39 is 0 Å². The highest BCUT2D eigenvalue weighted by Gasteiger charge is 2.20. The summed E-state index contributed by atoms with van der Waals surface area (Å²) in [7, 11) is 1.61. The van der Waals surface area contributed by atoms with Crippen molar-refractivity contribution >= 4 is 11.6 Å². The van der Waals surface area contributed by atoms with Crippen molar-refractivity contribution in [2.24, 2.45) is 0 Å². The summed E-state index contributed by atoms with van der Waals surface area (Å²) in [5.74, 6) is 1.70. The normalized spacial score (nSPS) is 12.3. The second-order valence-electron chi connectivity index (χ2n) is 7.22. The van der Waals surface area contributed by atoms with E-state index in [9.17, 15) is 4.79 Å². The molecule has 4 aromatic rings. The SMILES string of the molecule is COc1cccc(-c2nn(-c3ccccc3)cc2C(=O)Nc2ccc3c(c2)OCCO3)c1. The van der Waals surface area contributed by atoms with Gasteiger partial charge in [0.25, 0.3) is 5.91 Å². The molecule has 2 heterocycles. The van der Waals surface area contributed by atoms with Gasteiger partial charge in [0.2, 0.25) is 0 Å². The van der Waals surface area contributed by atoms with Crippen LogP contribution in [0.25, 0.3) is 16.9 Å². The number of aromatic nitrogens is 2. The highest BCUT2D eigenvalue weighted by molar-refractivity contribution is 6.08. The first-order valence-electron chi connectivity index (χ1n) is 10.2. The van der Waals surface area contributed by atoms with Gasteiger partial charge in [-0.1, -0.05) is 30.3 Å². The fourth-order valence-electron chi connectivity index (χ4n) is 3.56. The predicted molar refractivity (Wildman–Crippen MR) is 121 cm³/mol. The van der Waals surface area contributed by atoms with Gasteiger partial charge in [-0.05, 0) is 36.4 Å². The minimum atomic E-state index is -0.276. The van der Waals surface area contributed by atoms with Gasteiger partial charge in [-0.25, -0.2) is 4.68 Å². The molecule has 0 atom stereocenters. The lowest BCUT2D eigenvalue weighted by molar-refractivity contribution is 0.102. The van der Waals surface area contributed by atoms with Crippen molar-refractivity contribution in [3.63, 3.8) is 0 Å². The molecule has 0 saturated heterocycles. The number of carbonyl (C=O) groups is 1. The average Bonchev–Trinajstić information content (AvgIpc) is 3.30. The van der Waals surface area contributed by atoms with Gasteiger partial charge >= 0.3 is 0 Å². The molecule has 7 nitrogen and oxygen atoms in total. The maximum Gasteiger partial charge on any atom is 0.259 e. The Hall–Kier alpha value is -4.26. The molecule has 1 aliphatic rings. The maximum absolute atomic E-state index is 13.3. The van der Waals surface area contributed by atoms with Gasteiger partial charge in [0, 0.05) is 23.5 Å². The van der Waals surface area contributed by atoms with Crippen molar-refractivity contribution in [2.75, 3.05) is 25.6 Å². The Bertz CT molecular complexity index is 1270. The Morgan fingerprint density at radius 3 is 2.59 bits per heavy atom. The number of hydrogen-bond donors (Lipinski definition) is 1. The summed E-state index contributed by atoms with van der Waals surface area (Å²) in [4.78, 5) is 13.3. The lowest BCUT2D eigenvalue weighted by atomic mass is 10.1. The molecule has 32 heavy (non-hydrogen) atoms. The number of nitrogens with zero attached hydrogens (tertiary/aromatic N) is 2. The Morgan fingerprint density at radius 2 is 1.78 bits per heavy atom. The predicted octanol–water partition coefficient (Wildman–Crippen LogP) is 4.57. The molecule has 160 valence electrons. The second-order valence-corrected chi connectivity index (χ2v) is 7.22. The van der Waals surface area contributed by atoms with Crippen LogP contribution in [0.3, 0.4) is 0 Å². The zero-order valence-electron chi connectivity index (χ0n) is 17.4. The van der Waals surface area contributed by atoms with E-state index >= 15 is 0 Å². The molecule has 0 spiro atoms. The quantitative estimate of drug-likeness (QED) is 0.505. The van der Waals surface area contributed by atoms with Gasteiger partial charge < -0.3 is 19.5 Å². The van der Waals surface area contributed by atoms with Crippen molar-refractivity contribution in [3.8, 4) is 34.2 Å². The number of ether oxygens (including phenoxy) is 3. The molecule has 0 radical (unpaired) electrons. The van der Waals surface area contributed by atoms with Crippen LogP contribution in [-0.2, 0) is 0 Å². The van der Waals surface area contributed by atoms with Crippen molar-refractivity contribution in [1.82, 2.24) is 9.78 Å². The molecule has 7 heteroatoms. The molecule has 1 N–H and O–H groups in total. The maximum atomic E-state index is 13.3. The van der Waals surface area contributed by atoms with Crippen LogP contribution < -0.4 is 19.5 Å². The summed E-state index contributed by atoms with van der Waals surface area (Å²) in [5, 5.41) is 7.67. The molecule has 1 amide bonds. The molecule has 5 rings (SSSR count). The molecular formula is C25H21N3O4. The summed E-state index contributed by atoms with van der Waals surface area (Å²) in [6, 6.07) is 22.5. The molecule has 0 unspecified atom stereocenters. The number of amides is 1. The van der Waals surface area contributed by atoms with E-state index in [1.54, 1.807) is 36.2 Å². The molecule has 0 aliphatic carbocycles. The Morgan fingerprint density at radius 1 is 0.969 bits per heavy atom. The van der Waals surface area contributed by atoms with Crippen molar-refractivity contribution in [3.05, 3.63) is 84.6 Å². The van der Waals surface area contributed by atoms with E-state index in [-0.39, 0.29) is 5.91 Å². The van der Waals surface area contributed by atoms with Crippen LogP contribution >= 0.6 is 0 Å². The third kappa shape index (κ3) is 3.88. The molecule has 1 aromatic heterocycles. The number of benzene rings is 3. The minimum absolute atomic E-state index is 0.276. The molecule has 3 aromatic carbocycles. The summed E-state index contributed by atoms with van der Waals surface area (Å²) in [5.41, 5.74) is 3.25. The van der Waals surface area contributed by atoms with Crippen LogP contribution in [-0.4, -0.2) is 36.0 Å². The number of para-hydroxylation sites is 1. The van der Waals surface area contributed by atoms with Gasteiger partial charge in [-0.2, -0.15) is 5.10 Å². The summed E-state index contributed by atoms with van der Waals surface area (Å²) >= 11 is 0. The first kappa shape index (κ1) is 19.7. The van der Waals surface area contributed by atoms with Crippen LogP contribution in [0.4, 0.5) is 5.69 Å². The highest BCUT2D eigenvalue weighted by Crippen LogP contribution is 2.33. The van der Waals surface area contributed by atoms with E-state index in [0.29, 0.717) is 47.4 Å². The first-order chi connectivity index (χ1) is 15.7. The van der Waals surface area contributed by atoms with E-state index in [4.69, 9.17) is 19.3 Å². The fraction of sp³-hybridized carbons (Fsp3) is 0.120. The summed E-state index contributed by atoms with van der Waals surface area (Å²) < 4.78 is 18.2. The lowest BCUT2D eigenvalue weighted by Gasteiger charge is -2.19. The minimum Gasteiger partial charge on any atom is -0.497 e. The number of anilines is 1. The molecule has 1 aliphatic heterocycles. The van der Waals surface area contributed by atoms with E-state index in [2.05, 4.69) is 5.32 Å². The van der Waals surface area contributed by atoms with Crippen LogP contribution in [0.15, 0.2) is 79.0 Å². The molecule has 0 bridgehead atoms. The number of nitrogens with one attached hydrogen (secondary N) is 1. The zero-order valence-corrected chi connectivity index (χ0v) is 17.4. The third-order valence-corrected chi connectivity index (χ3v) is 5.12. The molecule has 0 saturated carbocycles. The topological polar surface area (TPSA) is 74.6 Å². The van der Waals surface area contributed by atoms with Crippen LogP contribution in [0.2, 0.25) is 0 Å². The van der Waals surface area contributed by atoms with Gasteiger partial charge in [-0.3, -0.25) is 4.79 Å². The van der Waals surface area contributed by atoms with Crippen LogP contribution in [0, 0.1) is 0 Å². The first-order valence-corrected chi connectivity index (χ1v) is 10.2. The molecule has 0 fully saturated rings. The molecular weight excluding hydrogens is 406 g/mol. The lowest BCUT2D eigenvalue weighted by Crippen LogP contribution is -2.16. The largest absolute Gasteiger partial charge is 0.497 e.